The van der Waals surface area contributed by atoms with Crippen LogP contribution in [0.15, 0.2) is 28.0 Å². The molecule has 1 aliphatic rings. The van der Waals surface area contributed by atoms with Crippen LogP contribution >= 0.6 is 0 Å². The van der Waals surface area contributed by atoms with Crippen molar-refractivity contribution in [1.82, 2.24) is 4.57 Å². The molecule has 0 radical (unpaired) electrons. The Hall–Kier alpha value is -2.17. The Labute approximate surface area is 103 Å². The molecular formula is C13H12FN3O. The fraction of sp³-hybridized carbons (Fsp3) is 0.231. The molecule has 1 aliphatic heterocycles. The molecule has 1 aromatic heterocycles. The molecular weight excluding hydrogens is 233 g/mol. The first-order valence-electron chi connectivity index (χ1n) is 5.74. The number of nitrogens with one attached hydrogen (secondary N) is 1. The minimum atomic E-state index is -0.314. The molecule has 0 saturated heterocycles. The molecule has 0 saturated carbocycles. The van der Waals surface area contributed by atoms with Crippen molar-refractivity contribution in [3.63, 3.8) is 0 Å². The van der Waals surface area contributed by atoms with E-state index in [1.807, 2.05) is 0 Å². The normalized spacial score (nSPS) is 14.1. The number of aliphatic imine (C=N–C) groups is 1. The van der Waals surface area contributed by atoms with E-state index in [0.717, 1.165) is 0 Å². The van der Waals surface area contributed by atoms with E-state index in [4.69, 9.17) is 0 Å². The summed E-state index contributed by atoms with van der Waals surface area (Å²) in [6, 6.07) is 4.43. The molecule has 3 rings (SSSR count). The molecule has 2 heterocycles. The van der Waals surface area contributed by atoms with Gasteiger partial charge in [-0.2, -0.15) is 0 Å². The molecule has 5 heteroatoms. The Kier molecular flexibility index (Phi) is 2.40. The molecule has 0 aliphatic carbocycles. The highest BCUT2D eigenvalue weighted by atomic mass is 19.1. The molecule has 0 fully saturated rings. The van der Waals surface area contributed by atoms with Gasteiger partial charge < -0.3 is 9.88 Å². The molecule has 0 atom stereocenters. The van der Waals surface area contributed by atoms with E-state index >= 15 is 0 Å². The predicted octanol–water partition coefficient (Wildman–Crippen LogP) is 1.52. The average molecular weight is 245 g/mol. The maximum absolute atomic E-state index is 13.4. The Morgan fingerprint density at radius 3 is 3.11 bits per heavy atom. The van der Waals surface area contributed by atoms with E-state index in [9.17, 15) is 9.18 Å². The topological polar surface area (TPSA) is 46.4 Å². The summed E-state index contributed by atoms with van der Waals surface area (Å²) in [5, 5.41) is 3.87. The fourth-order valence-corrected chi connectivity index (χ4v) is 2.25. The van der Waals surface area contributed by atoms with Gasteiger partial charge in [-0.1, -0.05) is 0 Å². The van der Waals surface area contributed by atoms with Crippen LogP contribution in [-0.4, -0.2) is 23.9 Å². The molecule has 0 spiro atoms. The van der Waals surface area contributed by atoms with E-state index in [1.165, 1.54) is 16.7 Å². The smallest absolute Gasteiger partial charge is 0.261 e. The lowest BCUT2D eigenvalue weighted by Gasteiger charge is -2.13. The molecule has 1 N–H and O–H groups in total. The highest BCUT2D eigenvalue weighted by Crippen LogP contribution is 2.25. The van der Waals surface area contributed by atoms with E-state index in [2.05, 4.69) is 10.3 Å². The third-order valence-electron chi connectivity index (χ3n) is 3.16. The van der Waals surface area contributed by atoms with E-state index in [0.29, 0.717) is 35.2 Å². The van der Waals surface area contributed by atoms with Crippen molar-refractivity contribution in [3.8, 4) is 0 Å². The zero-order valence-corrected chi connectivity index (χ0v) is 9.90. The number of anilines is 1. The van der Waals surface area contributed by atoms with Crippen LogP contribution in [0, 0.1) is 5.82 Å². The second kappa shape index (κ2) is 3.94. The zero-order chi connectivity index (χ0) is 12.7. The number of pyridine rings is 1. The monoisotopic (exact) mass is 245 g/mol. The highest BCUT2D eigenvalue weighted by molar-refractivity contribution is 6.01. The lowest BCUT2D eigenvalue weighted by Crippen LogP contribution is -2.23. The van der Waals surface area contributed by atoms with Gasteiger partial charge in [-0.05, 0) is 18.2 Å². The lowest BCUT2D eigenvalue weighted by molar-refractivity contribution is 0.629. The number of nitrogens with zero attached hydrogens (tertiary/aromatic N) is 2. The average Bonchev–Trinajstić information content (AvgIpc) is 2.61. The van der Waals surface area contributed by atoms with Gasteiger partial charge >= 0.3 is 0 Å². The van der Waals surface area contributed by atoms with Crippen molar-refractivity contribution < 1.29 is 4.39 Å². The summed E-state index contributed by atoms with van der Waals surface area (Å²) in [6.07, 6.45) is 1.57. The number of benzene rings is 1. The van der Waals surface area contributed by atoms with Crippen LogP contribution in [0.3, 0.4) is 0 Å². The molecule has 0 unspecified atom stereocenters. The van der Waals surface area contributed by atoms with Crippen molar-refractivity contribution in [1.29, 1.82) is 0 Å². The zero-order valence-electron chi connectivity index (χ0n) is 9.90. The first kappa shape index (κ1) is 11.0. The molecule has 4 nitrogen and oxygen atoms in total. The summed E-state index contributed by atoms with van der Waals surface area (Å²) < 4.78 is 14.9. The van der Waals surface area contributed by atoms with E-state index in [-0.39, 0.29) is 11.4 Å². The minimum Gasteiger partial charge on any atom is -0.382 e. The van der Waals surface area contributed by atoms with Crippen LogP contribution in [-0.2, 0) is 7.05 Å². The number of hydrogen-bond donors (Lipinski definition) is 1. The van der Waals surface area contributed by atoms with Gasteiger partial charge in [0.2, 0.25) is 0 Å². The quantitative estimate of drug-likeness (QED) is 0.765. The van der Waals surface area contributed by atoms with Crippen molar-refractivity contribution in [2.24, 2.45) is 12.0 Å². The van der Waals surface area contributed by atoms with Crippen LogP contribution in [0.2, 0.25) is 0 Å². The van der Waals surface area contributed by atoms with Gasteiger partial charge in [0.05, 0.1) is 23.3 Å². The molecule has 2 aromatic rings. The second-order valence-electron chi connectivity index (χ2n) is 4.28. The maximum atomic E-state index is 13.4. The number of aryl methyl sites for hydroxylation is 1. The standard InChI is InChI=1S/C13H12FN3O/c1-17-11-3-2-8(14)6-9(11)12-10(13(17)18)7-15-4-5-16-12/h2-3,6-7,16H,4-5H2,1H3. The van der Waals surface area contributed by atoms with Crippen molar-refractivity contribution in [3.05, 3.63) is 39.9 Å². The summed E-state index contributed by atoms with van der Waals surface area (Å²) in [5.74, 6) is -0.314. The Bertz CT molecular complexity index is 718. The van der Waals surface area contributed by atoms with E-state index in [1.54, 1.807) is 19.3 Å². The van der Waals surface area contributed by atoms with Gasteiger partial charge in [0.25, 0.3) is 5.56 Å². The molecule has 0 amide bonds. The highest BCUT2D eigenvalue weighted by Gasteiger charge is 2.15. The number of hydrogen-bond acceptors (Lipinski definition) is 3. The van der Waals surface area contributed by atoms with Gasteiger partial charge in [-0.15, -0.1) is 0 Å². The van der Waals surface area contributed by atoms with Crippen molar-refractivity contribution in [2.75, 3.05) is 18.4 Å². The Morgan fingerprint density at radius 2 is 2.28 bits per heavy atom. The SMILES string of the molecule is Cn1c(=O)c2c(c3cc(F)ccc31)NCCN=C2. The fourth-order valence-electron chi connectivity index (χ4n) is 2.25. The largest absolute Gasteiger partial charge is 0.382 e. The summed E-state index contributed by atoms with van der Waals surface area (Å²) >= 11 is 0. The van der Waals surface area contributed by atoms with Crippen LogP contribution in [0.1, 0.15) is 5.56 Å². The molecule has 1 aromatic carbocycles. The summed E-state index contributed by atoms with van der Waals surface area (Å²) in [5.41, 5.74) is 1.76. The van der Waals surface area contributed by atoms with Gasteiger partial charge in [0.1, 0.15) is 5.82 Å². The predicted molar refractivity (Wildman–Crippen MR) is 70.1 cm³/mol. The maximum Gasteiger partial charge on any atom is 0.261 e. The van der Waals surface area contributed by atoms with Crippen LogP contribution in [0.25, 0.3) is 10.9 Å². The molecule has 0 bridgehead atoms. The van der Waals surface area contributed by atoms with Crippen LogP contribution in [0.4, 0.5) is 10.1 Å². The molecule has 18 heavy (non-hydrogen) atoms. The first-order valence-corrected chi connectivity index (χ1v) is 5.74. The van der Waals surface area contributed by atoms with Gasteiger partial charge in [-0.3, -0.25) is 9.79 Å². The third kappa shape index (κ3) is 1.51. The van der Waals surface area contributed by atoms with Crippen molar-refractivity contribution >= 4 is 22.8 Å². The second-order valence-corrected chi connectivity index (χ2v) is 4.28. The van der Waals surface area contributed by atoms with Crippen LogP contribution in [0.5, 0.6) is 0 Å². The number of rotatable bonds is 0. The molecule has 92 valence electrons. The van der Waals surface area contributed by atoms with E-state index < -0.39 is 0 Å². The summed E-state index contributed by atoms with van der Waals surface area (Å²) in [4.78, 5) is 16.4. The number of aromatic nitrogens is 1. The van der Waals surface area contributed by atoms with Gasteiger partial charge in [-0.25, -0.2) is 4.39 Å². The third-order valence-corrected chi connectivity index (χ3v) is 3.16. The Morgan fingerprint density at radius 1 is 1.44 bits per heavy atom. The summed E-state index contributed by atoms with van der Waals surface area (Å²) in [7, 11) is 1.68. The Balaban J connectivity index is 2.50. The lowest BCUT2D eigenvalue weighted by atomic mass is 10.1. The first-order chi connectivity index (χ1) is 8.68. The van der Waals surface area contributed by atoms with Crippen LogP contribution < -0.4 is 10.9 Å². The number of halogens is 1. The van der Waals surface area contributed by atoms with Gasteiger partial charge in [0, 0.05) is 25.2 Å². The summed E-state index contributed by atoms with van der Waals surface area (Å²) in [6.45, 7) is 1.25. The van der Waals surface area contributed by atoms with Crippen molar-refractivity contribution in [2.45, 2.75) is 0 Å². The minimum absolute atomic E-state index is 0.123. The van der Waals surface area contributed by atoms with Gasteiger partial charge in [0.15, 0.2) is 0 Å². The number of fused-ring (bicyclic) bond motifs is 3.